The predicted octanol–water partition coefficient (Wildman–Crippen LogP) is 0.782. The molecule has 0 atom stereocenters. The van der Waals surface area contributed by atoms with Gasteiger partial charge in [-0.2, -0.15) is 0 Å². The minimum absolute atomic E-state index is 0.157. The summed E-state index contributed by atoms with van der Waals surface area (Å²) in [5, 5.41) is 4.81. The smallest absolute Gasteiger partial charge is 0.339 e. The van der Waals surface area contributed by atoms with Crippen LogP contribution in [0.5, 0.6) is 0 Å². The third-order valence-electron chi connectivity index (χ3n) is 4.20. The molecule has 1 aliphatic heterocycles. The standard InChI is InChI=1S/C19H27N5O4/c1-3-8-20-19(27)22-17(25)14-23-9-5-10-24(12-11-23)16-7-6-15(13-21-16)18(26)28-4-2/h3,6-7,13H,1,4-5,8-12,14H2,2H3,(H2,20,22,25,27). The van der Waals surface area contributed by atoms with Crippen LogP contribution in [0.3, 0.4) is 0 Å². The Balaban J connectivity index is 1.84. The van der Waals surface area contributed by atoms with Gasteiger partial charge in [0.15, 0.2) is 0 Å². The van der Waals surface area contributed by atoms with Crippen molar-refractivity contribution in [2.75, 3.05) is 50.8 Å². The zero-order valence-electron chi connectivity index (χ0n) is 16.1. The number of carbonyl (C=O) groups excluding carboxylic acids is 3. The Bertz CT molecular complexity index is 692. The normalized spacial score (nSPS) is 14.7. The Morgan fingerprint density at radius 3 is 2.75 bits per heavy atom. The minimum atomic E-state index is -0.521. The lowest BCUT2D eigenvalue weighted by Crippen LogP contribution is -2.45. The first kappa shape index (κ1) is 21.4. The van der Waals surface area contributed by atoms with Crippen LogP contribution in [0.25, 0.3) is 0 Å². The average molecular weight is 389 g/mol. The Morgan fingerprint density at radius 2 is 2.07 bits per heavy atom. The number of hydrogen-bond donors (Lipinski definition) is 2. The molecule has 3 amide bonds. The second kappa shape index (κ2) is 11.0. The van der Waals surface area contributed by atoms with Crippen LogP contribution in [0.15, 0.2) is 31.0 Å². The van der Waals surface area contributed by atoms with E-state index in [2.05, 4.69) is 27.1 Å². The van der Waals surface area contributed by atoms with Crippen LogP contribution in [-0.4, -0.2) is 73.7 Å². The highest BCUT2D eigenvalue weighted by atomic mass is 16.5. The summed E-state index contributed by atoms with van der Waals surface area (Å²) in [6.07, 6.45) is 3.92. The molecule has 9 heteroatoms. The van der Waals surface area contributed by atoms with E-state index >= 15 is 0 Å². The van der Waals surface area contributed by atoms with Gasteiger partial charge in [-0.05, 0) is 25.5 Å². The lowest BCUT2D eigenvalue weighted by atomic mass is 10.2. The van der Waals surface area contributed by atoms with Crippen molar-refractivity contribution in [3.8, 4) is 0 Å². The number of aromatic nitrogens is 1. The zero-order valence-corrected chi connectivity index (χ0v) is 16.1. The highest BCUT2D eigenvalue weighted by Gasteiger charge is 2.19. The van der Waals surface area contributed by atoms with Crippen LogP contribution >= 0.6 is 0 Å². The van der Waals surface area contributed by atoms with Gasteiger partial charge in [0.25, 0.3) is 0 Å². The van der Waals surface area contributed by atoms with E-state index in [-0.39, 0.29) is 18.4 Å². The summed E-state index contributed by atoms with van der Waals surface area (Å²) >= 11 is 0. The molecule has 0 aromatic carbocycles. The number of ether oxygens (including phenoxy) is 1. The van der Waals surface area contributed by atoms with Gasteiger partial charge in [0, 0.05) is 38.9 Å². The zero-order chi connectivity index (χ0) is 20.4. The number of hydrogen-bond acceptors (Lipinski definition) is 7. The van der Waals surface area contributed by atoms with Gasteiger partial charge in [-0.1, -0.05) is 6.08 Å². The van der Waals surface area contributed by atoms with E-state index in [0.717, 1.165) is 25.3 Å². The van der Waals surface area contributed by atoms with Gasteiger partial charge in [-0.15, -0.1) is 6.58 Å². The highest BCUT2D eigenvalue weighted by molar-refractivity contribution is 5.95. The third-order valence-corrected chi connectivity index (χ3v) is 4.20. The largest absolute Gasteiger partial charge is 0.462 e. The second-order valence-electron chi connectivity index (χ2n) is 6.29. The van der Waals surface area contributed by atoms with Crippen molar-refractivity contribution in [1.82, 2.24) is 20.5 Å². The quantitative estimate of drug-likeness (QED) is 0.525. The van der Waals surface area contributed by atoms with Crippen molar-refractivity contribution in [1.29, 1.82) is 0 Å². The van der Waals surface area contributed by atoms with Crippen molar-refractivity contribution in [2.45, 2.75) is 13.3 Å². The Labute approximate surface area is 164 Å². The topological polar surface area (TPSA) is 104 Å². The first-order valence-electron chi connectivity index (χ1n) is 9.32. The van der Waals surface area contributed by atoms with E-state index in [4.69, 9.17) is 4.74 Å². The van der Waals surface area contributed by atoms with Crippen LogP contribution in [-0.2, 0) is 9.53 Å². The lowest BCUT2D eigenvalue weighted by Gasteiger charge is -2.22. The number of urea groups is 1. The summed E-state index contributed by atoms with van der Waals surface area (Å²) in [4.78, 5) is 43.7. The van der Waals surface area contributed by atoms with Crippen LogP contribution in [0, 0.1) is 0 Å². The Hall–Kier alpha value is -2.94. The van der Waals surface area contributed by atoms with E-state index < -0.39 is 6.03 Å². The van der Waals surface area contributed by atoms with E-state index in [1.165, 1.54) is 6.20 Å². The van der Waals surface area contributed by atoms with E-state index in [0.29, 0.717) is 31.8 Å². The van der Waals surface area contributed by atoms with Gasteiger partial charge in [-0.3, -0.25) is 15.0 Å². The maximum atomic E-state index is 12.0. The maximum absolute atomic E-state index is 12.0. The number of anilines is 1. The van der Waals surface area contributed by atoms with Gasteiger partial charge in [-0.25, -0.2) is 14.6 Å². The second-order valence-corrected chi connectivity index (χ2v) is 6.29. The Kier molecular flexibility index (Phi) is 8.41. The average Bonchev–Trinajstić information content (AvgIpc) is 2.92. The van der Waals surface area contributed by atoms with Crippen LogP contribution < -0.4 is 15.5 Å². The van der Waals surface area contributed by atoms with E-state index in [1.54, 1.807) is 25.1 Å². The number of imide groups is 1. The van der Waals surface area contributed by atoms with Crippen molar-refractivity contribution in [2.24, 2.45) is 0 Å². The molecular formula is C19H27N5O4. The molecule has 0 aliphatic carbocycles. The lowest BCUT2D eigenvalue weighted by molar-refractivity contribution is -0.121. The predicted molar refractivity (Wildman–Crippen MR) is 105 cm³/mol. The monoisotopic (exact) mass is 389 g/mol. The molecular weight excluding hydrogens is 362 g/mol. The summed E-state index contributed by atoms with van der Waals surface area (Å²) in [6, 6.07) is 2.99. The molecule has 0 radical (unpaired) electrons. The number of nitrogens with one attached hydrogen (secondary N) is 2. The molecule has 1 fully saturated rings. The van der Waals surface area contributed by atoms with Crippen LogP contribution in [0.2, 0.25) is 0 Å². The molecule has 1 aromatic rings. The molecule has 9 nitrogen and oxygen atoms in total. The summed E-state index contributed by atoms with van der Waals surface area (Å²) in [5.41, 5.74) is 0.424. The van der Waals surface area contributed by atoms with Gasteiger partial charge in [0.2, 0.25) is 5.91 Å². The first-order valence-corrected chi connectivity index (χ1v) is 9.32. The fourth-order valence-electron chi connectivity index (χ4n) is 2.84. The molecule has 2 heterocycles. The Morgan fingerprint density at radius 1 is 1.25 bits per heavy atom. The molecule has 0 bridgehead atoms. The number of amides is 3. The fraction of sp³-hybridized carbons (Fsp3) is 0.474. The molecule has 0 spiro atoms. The molecule has 28 heavy (non-hydrogen) atoms. The van der Waals surface area contributed by atoms with Crippen LogP contribution in [0.1, 0.15) is 23.7 Å². The molecule has 0 saturated carbocycles. The fourth-order valence-corrected chi connectivity index (χ4v) is 2.84. The van der Waals surface area contributed by atoms with Crippen molar-refractivity contribution >= 4 is 23.7 Å². The molecule has 152 valence electrons. The number of esters is 1. The maximum Gasteiger partial charge on any atom is 0.339 e. The summed E-state index contributed by atoms with van der Waals surface area (Å²) in [7, 11) is 0. The number of nitrogens with zero attached hydrogens (tertiary/aromatic N) is 3. The van der Waals surface area contributed by atoms with Crippen molar-refractivity contribution in [3.05, 3.63) is 36.5 Å². The molecule has 1 aliphatic rings. The molecule has 2 N–H and O–H groups in total. The van der Waals surface area contributed by atoms with Gasteiger partial charge >= 0.3 is 12.0 Å². The van der Waals surface area contributed by atoms with Gasteiger partial charge < -0.3 is 15.0 Å². The molecule has 1 aromatic heterocycles. The number of pyridine rings is 1. The van der Waals surface area contributed by atoms with E-state index in [1.807, 2.05) is 4.90 Å². The molecule has 2 rings (SSSR count). The number of rotatable bonds is 7. The minimum Gasteiger partial charge on any atom is -0.462 e. The van der Waals surface area contributed by atoms with Gasteiger partial charge in [0.05, 0.1) is 18.7 Å². The van der Waals surface area contributed by atoms with Crippen molar-refractivity contribution in [3.63, 3.8) is 0 Å². The summed E-state index contributed by atoms with van der Waals surface area (Å²) in [5.74, 6) is 0.0572. The summed E-state index contributed by atoms with van der Waals surface area (Å²) in [6.45, 7) is 8.96. The van der Waals surface area contributed by atoms with Crippen molar-refractivity contribution < 1.29 is 19.1 Å². The number of carbonyl (C=O) groups is 3. The molecule has 0 unspecified atom stereocenters. The highest BCUT2D eigenvalue weighted by Crippen LogP contribution is 2.15. The van der Waals surface area contributed by atoms with E-state index in [9.17, 15) is 14.4 Å². The molecule has 1 saturated heterocycles. The summed E-state index contributed by atoms with van der Waals surface area (Å²) < 4.78 is 4.96. The van der Waals surface area contributed by atoms with Crippen LogP contribution in [0.4, 0.5) is 10.6 Å². The SMILES string of the molecule is C=CCNC(=O)NC(=O)CN1CCCN(c2ccc(C(=O)OCC)cn2)CC1. The first-order chi connectivity index (χ1) is 13.5. The van der Waals surface area contributed by atoms with Gasteiger partial charge in [0.1, 0.15) is 5.82 Å². The third kappa shape index (κ3) is 6.66.